The molecule has 0 aromatic heterocycles. The maximum atomic E-state index is 12.4. The van der Waals surface area contributed by atoms with Crippen molar-refractivity contribution in [3.8, 4) is 5.75 Å². The van der Waals surface area contributed by atoms with Crippen LogP contribution in [-0.4, -0.2) is 30.0 Å². The van der Waals surface area contributed by atoms with Gasteiger partial charge >= 0.3 is 5.97 Å². The number of nitrogens with one attached hydrogen (secondary N) is 1. The Morgan fingerprint density at radius 1 is 1.17 bits per heavy atom. The molecule has 1 aliphatic carbocycles. The SMILES string of the molecule is COc1cc([N+](=O)[O-])ccc1NC(=O)[C@@H](C)OC(=O)Cc1ccc2c(c1)CCC2. The zero-order chi connectivity index (χ0) is 21.0. The average molecular weight is 398 g/mol. The number of carbonyl (C=O) groups is 2. The molecule has 0 saturated carbocycles. The Bertz CT molecular complexity index is 956. The van der Waals surface area contributed by atoms with Gasteiger partial charge in [0, 0.05) is 6.07 Å². The molecular weight excluding hydrogens is 376 g/mol. The van der Waals surface area contributed by atoms with Crippen LogP contribution < -0.4 is 10.1 Å². The molecule has 152 valence electrons. The summed E-state index contributed by atoms with van der Waals surface area (Å²) in [6.07, 6.45) is 2.28. The highest BCUT2D eigenvalue weighted by atomic mass is 16.6. The molecule has 2 aromatic carbocycles. The molecule has 1 amide bonds. The van der Waals surface area contributed by atoms with E-state index in [-0.39, 0.29) is 23.5 Å². The first kappa shape index (κ1) is 20.3. The number of benzene rings is 2. The fourth-order valence-electron chi connectivity index (χ4n) is 3.33. The van der Waals surface area contributed by atoms with E-state index in [1.165, 1.54) is 43.4 Å². The second kappa shape index (κ2) is 8.72. The lowest BCUT2D eigenvalue weighted by Crippen LogP contribution is -2.30. The lowest BCUT2D eigenvalue weighted by molar-refractivity contribution is -0.384. The van der Waals surface area contributed by atoms with Crippen molar-refractivity contribution >= 4 is 23.3 Å². The van der Waals surface area contributed by atoms with Gasteiger partial charge in [-0.1, -0.05) is 18.2 Å². The quantitative estimate of drug-likeness (QED) is 0.436. The Hall–Kier alpha value is -3.42. The van der Waals surface area contributed by atoms with Gasteiger partial charge in [0.15, 0.2) is 6.10 Å². The van der Waals surface area contributed by atoms with Crippen LogP contribution in [0.25, 0.3) is 0 Å². The number of nitro benzene ring substituents is 1. The van der Waals surface area contributed by atoms with Crippen LogP contribution in [0.4, 0.5) is 11.4 Å². The summed E-state index contributed by atoms with van der Waals surface area (Å²) >= 11 is 0. The van der Waals surface area contributed by atoms with Gasteiger partial charge in [-0.3, -0.25) is 19.7 Å². The number of rotatable bonds is 7. The molecule has 0 radical (unpaired) electrons. The van der Waals surface area contributed by atoms with E-state index in [0.717, 1.165) is 24.8 Å². The molecule has 0 aliphatic heterocycles. The van der Waals surface area contributed by atoms with Gasteiger partial charge in [-0.2, -0.15) is 0 Å². The molecule has 1 atom stereocenters. The molecule has 0 unspecified atom stereocenters. The third-order valence-corrected chi connectivity index (χ3v) is 4.84. The summed E-state index contributed by atoms with van der Waals surface area (Å²) in [6.45, 7) is 1.47. The molecule has 0 bridgehead atoms. The first-order valence-corrected chi connectivity index (χ1v) is 9.31. The predicted molar refractivity (Wildman–Crippen MR) is 106 cm³/mol. The van der Waals surface area contributed by atoms with Crippen LogP contribution in [0, 0.1) is 10.1 Å². The molecule has 8 nitrogen and oxygen atoms in total. The summed E-state index contributed by atoms with van der Waals surface area (Å²) in [5.41, 5.74) is 3.55. The number of anilines is 1. The minimum Gasteiger partial charge on any atom is -0.494 e. The maximum absolute atomic E-state index is 12.4. The normalized spacial score (nSPS) is 13.3. The number of hydrogen-bond acceptors (Lipinski definition) is 6. The lowest BCUT2D eigenvalue weighted by atomic mass is 10.0. The van der Waals surface area contributed by atoms with Crippen molar-refractivity contribution in [2.24, 2.45) is 0 Å². The minimum atomic E-state index is -1.03. The second-order valence-electron chi connectivity index (χ2n) is 6.90. The van der Waals surface area contributed by atoms with E-state index in [1.54, 1.807) is 0 Å². The van der Waals surface area contributed by atoms with Gasteiger partial charge < -0.3 is 14.8 Å². The van der Waals surface area contributed by atoms with Gasteiger partial charge in [-0.15, -0.1) is 0 Å². The monoisotopic (exact) mass is 398 g/mol. The van der Waals surface area contributed by atoms with E-state index in [0.29, 0.717) is 0 Å². The number of esters is 1. The molecule has 0 fully saturated rings. The zero-order valence-electron chi connectivity index (χ0n) is 16.3. The number of hydrogen-bond donors (Lipinski definition) is 1. The highest BCUT2D eigenvalue weighted by Gasteiger charge is 2.21. The number of ether oxygens (including phenoxy) is 2. The molecule has 0 saturated heterocycles. The molecule has 1 aliphatic rings. The van der Waals surface area contributed by atoms with Crippen LogP contribution in [0.3, 0.4) is 0 Å². The van der Waals surface area contributed by atoms with E-state index < -0.39 is 22.9 Å². The number of fused-ring (bicyclic) bond motifs is 1. The van der Waals surface area contributed by atoms with Crippen LogP contribution in [0.1, 0.15) is 30.0 Å². The highest BCUT2D eigenvalue weighted by Crippen LogP contribution is 2.29. The Morgan fingerprint density at radius 2 is 1.93 bits per heavy atom. The molecule has 0 heterocycles. The summed E-state index contributed by atoms with van der Waals surface area (Å²) in [4.78, 5) is 34.9. The lowest BCUT2D eigenvalue weighted by Gasteiger charge is -2.15. The van der Waals surface area contributed by atoms with Crippen molar-refractivity contribution in [3.05, 3.63) is 63.2 Å². The van der Waals surface area contributed by atoms with E-state index in [1.807, 2.05) is 18.2 Å². The molecule has 2 aromatic rings. The fraction of sp³-hybridized carbons (Fsp3) is 0.333. The highest BCUT2D eigenvalue weighted by molar-refractivity contribution is 5.96. The summed E-state index contributed by atoms with van der Waals surface area (Å²) in [5.74, 6) is -0.912. The fourth-order valence-corrected chi connectivity index (χ4v) is 3.33. The number of amides is 1. The molecule has 0 spiro atoms. The Labute approximate surface area is 168 Å². The van der Waals surface area contributed by atoms with Gasteiger partial charge in [-0.05, 0) is 48.9 Å². The average Bonchev–Trinajstić information content (AvgIpc) is 3.15. The van der Waals surface area contributed by atoms with Gasteiger partial charge in [0.25, 0.3) is 11.6 Å². The maximum Gasteiger partial charge on any atom is 0.311 e. The van der Waals surface area contributed by atoms with Crippen LogP contribution in [-0.2, 0) is 33.6 Å². The van der Waals surface area contributed by atoms with Gasteiger partial charge in [0.1, 0.15) is 5.75 Å². The number of nitrogens with zero attached hydrogens (tertiary/aromatic N) is 1. The van der Waals surface area contributed by atoms with Crippen molar-refractivity contribution in [3.63, 3.8) is 0 Å². The second-order valence-corrected chi connectivity index (χ2v) is 6.90. The Balaban J connectivity index is 1.59. The first-order chi connectivity index (χ1) is 13.9. The van der Waals surface area contributed by atoms with Gasteiger partial charge in [0.05, 0.1) is 30.2 Å². The van der Waals surface area contributed by atoms with Gasteiger partial charge in [-0.25, -0.2) is 0 Å². The van der Waals surface area contributed by atoms with E-state index >= 15 is 0 Å². The molecule has 1 N–H and O–H groups in total. The Kier molecular flexibility index (Phi) is 6.11. The number of methoxy groups -OCH3 is 1. The van der Waals surface area contributed by atoms with Crippen LogP contribution in [0.2, 0.25) is 0 Å². The minimum absolute atomic E-state index is 0.0890. The standard InChI is InChI=1S/C21H22N2O6/c1-13(21(25)22-18-9-8-17(23(26)27)12-19(18)28-2)29-20(24)11-14-6-7-15-4-3-5-16(15)10-14/h6-10,12-13H,3-5,11H2,1-2H3,(H,22,25)/t13-/m1/s1. The number of nitro groups is 1. The third kappa shape index (κ3) is 4.90. The molecular formula is C21H22N2O6. The van der Waals surface area contributed by atoms with Crippen molar-refractivity contribution < 1.29 is 24.0 Å². The largest absolute Gasteiger partial charge is 0.494 e. The van der Waals surface area contributed by atoms with Crippen molar-refractivity contribution in [1.29, 1.82) is 0 Å². The summed E-state index contributed by atoms with van der Waals surface area (Å²) in [6, 6.07) is 9.81. The number of aryl methyl sites for hydroxylation is 2. The van der Waals surface area contributed by atoms with Crippen molar-refractivity contribution in [2.45, 2.75) is 38.7 Å². The van der Waals surface area contributed by atoms with E-state index in [4.69, 9.17) is 9.47 Å². The smallest absolute Gasteiger partial charge is 0.311 e. The molecule has 3 rings (SSSR count). The van der Waals surface area contributed by atoms with Crippen molar-refractivity contribution in [2.75, 3.05) is 12.4 Å². The molecule has 8 heteroatoms. The third-order valence-electron chi connectivity index (χ3n) is 4.84. The van der Waals surface area contributed by atoms with Crippen LogP contribution in [0.15, 0.2) is 36.4 Å². The van der Waals surface area contributed by atoms with Gasteiger partial charge in [0.2, 0.25) is 0 Å². The zero-order valence-corrected chi connectivity index (χ0v) is 16.3. The molecule has 29 heavy (non-hydrogen) atoms. The number of carbonyl (C=O) groups excluding carboxylic acids is 2. The topological polar surface area (TPSA) is 108 Å². The predicted octanol–water partition coefficient (Wildman–Crippen LogP) is 3.21. The summed E-state index contributed by atoms with van der Waals surface area (Å²) in [5, 5.41) is 13.4. The Morgan fingerprint density at radius 3 is 2.66 bits per heavy atom. The summed E-state index contributed by atoms with van der Waals surface area (Å²) in [7, 11) is 1.34. The summed E-state index contributed by atoms with van der Waals surface area (Å²) < 4.78 is 10.3. The van der Waals surface area contributed by atoms with E-state index in [2.05, 4.69) is 5.32 Å². The van der Waals surface area contributed by atoms with E-state index in [9.17, 15) is 19.7 Å². The van der Waals surface area contributed by atoms with Crippen molar-refractivity contribution in [1.82, 2.24) is 0 Å². The first-order valence-electron chi connectivity index (χ1n) is 9.31. The van der Waals surface area contributed by atoms with Crippen LogP contribution in [0.5, 0.6) is 5.75 Å². The van der Waals surface area contributed by atoms with Crippen LogP contribution >= 0.6 is 0 Å². The number of non-ortho nitro benzene ring substituents is 1.